The molecular formula is C14H21N3O. The molecule has 1 atom stereocenters. The monoisotopic (exact) mass is 247 g/mol. The van der Waals surface area contributed by atoms with Crippen molar-refractivity contribution in [2.45, 2.75) is 38.1 Å². The number of carbonyl (C=O) groups is 1. The highest BCUT2D eigenvalue weighted by Gasteiger charge is 2.42. The fraction of sp³-hybridized carbons (Fsp3) is 0.571. The van der Waals surface area contributed by atoms with E-state index in [1.165, 1.54) is 0 Å². The third-order valence-electron chi connectivity index (χ3n) is 3.63. The van der Waals surface area contributed by atoms with E-state index in [0.717, 1.165) is 32.2 Å². The summed E-state index contributed by atoms with van der Waals surface area (Å²) in [5.41, 5.74) is -0.374. The SMILES string of the molecule is CCCC1(C(=O)N(C)c2ccccn2)CCCN1. The van der Waals surface area contributed by atoms with Gasteiger partial charge < -0.3 is 5.32 Å². The van der Waals surface area contributed by atoms with Crippen molar-refractivity contribution in [1.29, 1.82) is 0 Å². The van der Waals surface area contributed by atoms with Crippen molar-refractivity contribution in [1.82, 2.24) is 10.3 Å². The van der Waals surface area contributed by atoms with Crippen LogP contribution in [0.25, 0.3) is 0 Å². The lowest BCUT2D eigenvalue weighted by molar-refractivity contribution is -0.124. The maximum Gasteiger partial charge on any atom is 0.248 e. The van der Waals surface area contributed by atoms with Gasteiger partial charge in [0.15, 0.2) is 0 Å². The summed E-state index contributed by atoms with van der Waals surface area (Å²) in [6.45, 7) is 3.05. The van der Waals surface area contributed by atoms with E-state index >= 15 is 0 Å². The van der Waals surface area contributed by atoms with Crippen molar-refractivity contribution >= 4 is 11.7 Å². The number of hydrogen-bond acceptors (Lipinski definition) is 3. The molecule has 1 aliphatic rings. The van der Waals surface area contributed by atoms with Crippen molar-refractivity contribution in [3.63, 3.8) is 0 Å². The summed E-state index contributed by atoms with van der Waals surface area (Å²) < 4.78 is 0. The fourth-order valence-corrected chi connectivity index (χ4v) is 2.71. The Balaban J connectivity index is 2.19. The van der Waals surface area contributed by atoms with Gasteiger partial charge in [-0.2, -0.15) is 0 Å². The molecule has 1 aliphatic heterocycles. The predicted octanol–water partition coefficient (Wildman–Crippen LogP) is 1.97. The molecule has 1 unspecified atom stereocenters. The van der Waals surface area contributed by atoms with Gasteiger partial charge in [-0.1, -0.05) is 19.4 Å². The Morgan fingerprint density at radius 1 is 1.56 bits per heavy atom. The van der Waals surface area contributed by atoms with Crippen LogP contribution in [-0.4, -0.2) is 30.0 Å². The van der Waals surface area contributed by atoms with E-state index in [0.29, 0.717) is 5.82 Å². The summed E-state index contributed by atoms with van der Waals surface area (Å²) in [5, 5.41) is 3.40. The second kappa shape index (κ2) is 5.48. The highest BCUT2D eigenvalue weighted by Crippen LogP contribution is 2.28. The third kappa shape index (κ3) is 2.38. The molecule has 2 heterocycles. The minimum absolute atomic E-state index is 0.139. The second-order valence-electron chi connectivity index (χ2n) is 4.91. The molecule has 0 spiro atoms. The summed E-state index contributed by atoms with van der Waals surface area (Å²) in [6, 6.07) is 5.63. The number of nitrogens with zero attached hydrogens (tertiary/aromatic N) is 2. The molecule has 18 heavy (non-hydrogen) atoms. The smallest absolute Gasteiger partial charge is 0.248 e. The van der Waals surface area contributed by atoms with Crippen LogP contribution >= 0.6 is 0 Å². The molecule has 1 fully saturated rings. The zero-order chi connectivity index (χ0) is 13.0. The first-order chi connectivity index (χ1) is 8.69. The summed E-state index contributed by atoms with van der Waals surface area (Å²) in [5.74, 6) is 0.854. The average Bonchev–Trinajstić information content (AvgIpc) is 2.88. The minimum Gasteiger partial charge on any atom is -0.303 e. The van der Waals surface area contributed by atoms with Crippen LogP contribution in [0.4, 0.5) is 5.82 Å². The number of amides is 1. The third-order valence-corrected chi connectivity index (χ3v) is 3.63. The summed E-state index contributed by atoms with van der Waals surface area (Å²) in [6.07, 6.45) is 5.62. The lowest BCUT2D eigenvalue weighted by Gasteiger charge is -2.32. The van der Waals surface area contributed by atoms with Gasteiger partial charge in [0.25, 0.3) is 0 Å². The number of carbonyl (C=O) groups excluding carboxylic acids is 1. The molecule has 98 valence electrons. The minimum atomic E-state index is -0.374. The molecule has 0 radical (unpaired) electrons. The van der Waals surface area contributed by atoms with Crippen molar-refractivity contribution in [3.8, 4) is 0 Å². The Morgan fingerprint density at radius 3 is 2.94 bits per heavy atom. The van der Waals surface area contributed by atoms with Crippen LogP contribution in [-0.2, 0) is 4.79 Å². The van der Waals surface area contributed by atoms with Gasteiger partial charge in [0.05, 0.1) is 5.54 Å². The summed E-state index contributed by atoms with van der Waals surface area (Å²) in [4.78, 5) is 18.6. The van der Waals surface area contributed by atoms with Crippen LogP contribution in [0, 0.1) is 0 Å². The Bertz CT molecular complexity index is 399. The highest BCUT2D eigenvalue weighted by atomic mass is 16.2. The number of anilines is 1. The number of rotatable bonds is 4. The normalized spacial score (nSPS) is 23.0. The highest BCUT2D eigenvalue weighted by molar-refractivity contribution is 5.99. The van der Waals surface area contributed by atoms with Gasteiger partial charge in [-0.15, -0.1) is 0 Å². The maximum absolute atomic E-state index is 12.7. The standard InChI is InChI=1S/C14H21N3O/c1-3-8-14(9-6-11-16-14)13(18)17(2)12-7-4-5-10-15-12/h4-5,7,10,16H,3,6,8-9,11H2,1-2H3. The molecule has 0 aromatic carbocycles. The van der Waals surface area contributed by atoms with Crippen molar-refractivity contribution in [2.75, 3.05) is 18.5 Å². The zero-order valence-corrected chi connectivity index (χ0v) is 11.1. The molecule has 0 bridgehead atoms. The molecule has 1 aromatic heterocycles. The Kier molecular flexibility index (Phi) is 3.97. The Labute approximate surface area is 108 Å². The summed E-state index contributed by atoms with van der Waals surface area (Å²) in [7, 11) is 1.81. The number of pyridine rings is 1. The average molecular weight is 247 g/mol. The van der Waals surface area contributed by atoms with Gasteiger partial charge in [0, 0.05) is 13.2 Å². The number of nitrogens with one attached hydrogen (secondary N) is 1. The van der Waals surface area contributed by atoms with Crippen LogP contribution in [0.1, 0.15) is 32.6 Å². The molecule has 1 N–H and O–H groups in total. The number of aromatic nitrogens is 1. The van der Waals surface area contributed by atoms with Crippen LogP contribution in [0.15, 0.2) is 24.4 Å². The van der Waals surface area contributed by atoms with E-state index < -0.39 is 0 Å². The fourth-order valence-electron chi connectivity index (χ4n) is 2.71. The molecule has 4 heteroatoms. The van der Waals surface area contributed by atoms with Gasteiger partial charge in [-0.3, -0.25) is 9.69 Å². The van der Waals surface area contributed by atoms with E-state index in [2.05, 4.69) is 17.2 Å². The zero-order valence-electron chi connectivity index (χ0n) is 11.1. The van der Waals surface area contributed by atoms with E-state index in [1.807, 2.05) is 25.2 Å². The largest absolute Gasteiger partial charge is 0.303 e. The van der Waals surface area contributed by atoms with Gasteiger partial charge in [0.2, 0.25) is 5.91 Å². The first-order valence-corrected chi connectivity index (χ1v) is 6.64. The van der Waals surface area contributed by atoms with Crippen molar-refractivity contribution in [3.05, 3.63) is 24.4 Å². The molecule has 0 saturated carbocycles. The second-order valence-corrected chi connectivity index (χ2v) is 4.91. The van der Waals surface area contributed by atoms with Gasteiger partial charge in [0.1, 0.15) is 5.82 Å². The molecule has 1 aromatic rings. The first kappa shape index (κ1) is 13.0. The van der Waals surface area contributed by atoms with Crippen LogP contribution in [0.3, 0.4) is 0 Å². The van der Waals surface area contributed by atoms with E-state index in [-0.39, 0.29) is 11.4 Å². The number of hydrogen-bond donors (Lipinski definition) is 1. The van der Waals surface area contributed by atoms with E-state index in [9.17, 15) is 4.79 Å². The topological polar surface area (TPSA) is 45.2 Å². The van der Waals surface area contributed by atoms with E-state index in [1.54, 1.807) is 11.1 Å². The maximum atomic E-state index is 12.7. The molecular weight excluding hydrogens is 226 g/mol. The van der Waals surface area contributed by atoms with Crippen LogP contribution in [0.5, 0.6) is 0 Å². The Hall–Kier alpha value is -1.42. The number of likely N-dealkylation sites (N-methyl/N-ethyl adjacent to an activating group) is 1. The molecule has 2 rings (SSSR count). The quantitative estimate of drug-likeness (QED) is 0.884. The molecule has 1 amide bonds. The lowest BCUT2D eigenvalue weighted by Crippen LogP contribution is -2.54. The first-order valence-electron chi connectivity index (χ1n) is 6.64. The van der Waals surface area contributed by atoms with Crippen molar-refractivity contribution < 1.29 is 4.79 Å². The van der Waals surface area contributed by atoms with E-state index in [4.69, 9.17) is 0 Å². The van der Waals surface area contributed by atoms with Gasteiger partial charge >= 0.3 is 0 Å². The van der Waals surface area contributed by atoms with Crippen molar-refractivity contribution in [2.24, 2.45) is 0 Å². The van der Waals surface area contributed by atoms with Gasteiger partial charge in [-0.05, 0) is 37.9 Å². The van der Waals surface area contributed by atoms with Crippen LogP contribution in [0.2, 0.25) is 0 Å². The Morgan fingerprint density at radius 2 is 2.39 bits per heavy atom. The lowest BCUT2D eigenvalue weighted by atomic mass is 9.90. The molecule has 1 saturated heterocycles. The summed E-state index contributed by atoms with van der Waals surface area (Å²) >= 11 is 0. The van der Waals surface area contributed by atoms with Crippen LogP contribution < -0.4 is 10.2 Å². The molecule has 0 aliphatic carbocycles. The van der Waals surface area contributed by atoms with Gasteiger partial charge in [-0.25, -0.2) is 4.98 Å². The molecule has 4 nitrogen and oxygen atoms in total. The predicted molar refractivity (Wildman–Crippen MR) is 72.5 cm³/mol.